The Kier molecular flexibility index (Phi) is 2.82. The fourth-order valence-corrected chi connectivity index (χ4v) is 4.27. The monoisotopic (exact) mass is 304 g/mol. The average Bonchev–Trinajstić information content (AvgIpc) is 3.16. The molecule has 0 fully saturated rings. The van der Waals surface area contributed by atoms with Crippen LogP contribution in [-0.4, -0.2) is 15.1 Å². The minimum atomic E-state index is 0.533. The van der Waals surface area contributed by atoms with Crippen molar-refractivity contribution in [2.45, 2.75) is 25.7 Å². The zero-order chi connectivity index (χ0) is 13.5. The summed E-state index contributed by atoms with van der Waals surface area (Å²) in [7, 11) is 0. The topological polar surface area (TPSA) is 77.8 Å². The maximum absolute atomic E-state index is 6.16. The van der Waals surface area contributed by atoms with Gasteiger partial charge in [-0.25, -0.2) is 0 Å². The standard InChI is InChI=1S/C13H12N4OS2/c14-11-10(7-3-1-2-4-8(7)20-11)13-16-12(17-18-13)9-5-15-6-19-9/h5-6H,1-4,14H2. The first-order valence-corrected chi connectivity index (χ1v) is 8.15. The van der Waals surface area contributed by atoms with Crippen LogP contribution in [0.5, 0.6) is 0 Å². The van der Waals surface area contributed by atoms with Gasteiger partial charge in [-0.05, 0) is 31.2 Å². The summed E-state index contributed by atoms with van der Waals surface area (Å²) in [5.74, 6) is 1.11. The largest absolute Gasteiger partial charge is 0.390 e. The number of anilines is 1. The number of nitrogen functional groups attached to an aromatic ring is 1. The highest BCUT2D eigenvalue weighted by Gasteiger charge is 2.24. The van der Waals surface area contributed by atoms with Gasteiger partial charge in [0.2, 0.25) is 5.82 Å². The molecule has 0 unspecified atom stereocenters. The molecule has 0 saturated heterocycles. The highest BCUT2D eigenvalue weighted by molar-refractivity contribution is 7.16. The third-order valence-electron chi connectivity index (χ3n) is 3.49. The summed E-state index contributed by atoms with van der Waals surface area (Å²) in [6.45, 7) is 0. The number of rotatable bonds is 2. The van der Waals surface area contributed by atoms with E-state index in [-0.39, 0.29) is 0 Å². The fraction of sp³-hybridized carbons (Fsp3) is 0.308. The van der Waals surface area contributed by atoms with Crippen molar-refractivity contribution < 1.29 is 4.52 Å². The van der Waals surface area contributed by atoms with Crippen LogP contribution >= 0.6 is 22.7 Å². The van der Waals surface area contributed by atoms with Crippen LogP contribution < -0.4 is 5.73 Å². The van der Waals surface area contributed by atoms with E-state index < -0.39 is 0 Å². The number of fused-ring (bicyclic) bond motifs is 1. The highest BCUT2D eigenvalue weighted by atomic mass is 32.1. The summed E-state index contributed by atoms with van der Waals surface area (Å²) in [4.78, 5) is 10.8. The Hall–Kier alpha value is -1.73. The van der Waals surface area contributed by atoms with Gasteiger partial charge in [0, 0.05) is 11.1 Å². The predicted molar refractivity (Wildman–Crippen MR) is 79.8 cm³/mol. The van der Waals surface area contributed by atoms with Crippen LogP contribution in [0.15, 0.2) is 16.2 Å². The summed E-state index contributed by atoms with van der Waals surface area (Å²) in [6.07, 6.45) is 6.34. The number of aryl methyl sites for hydroxylation is 1. The molecule has 0 saturated carbocycles. The number of thiazole rings is 1. The van der Waals surface area contributed by atoms with Crippen LogP contribution in [0.4, 0.5) is 5.00 Å². The maximum Gasteiger partial charge on any atom is 0.261 e. The summed E-state index contributed by atoms with van der Waals surface area (Å²) in [5.41, 5.74) is 10.2. The van der Waals surface area contributed by atoms with Crippen molar-refractivity contribution in [2.24, 2.45) is 0 Å². The smallest absolute Gasteiger partial charge is 0.261 e. The summed E-state index contributed by atoms with van der Waals surface area (Å²) < 4.78 is 5.42. The second kappa shape index (κ2) is 4.68. The van der Waals surface area contributed by atoms with E-state index in [0.717, 1.165) is 28.3 Å². The number of thiophene rings is 1. The maximum atomic E-state index is 6.16. The van der Waals surface area contributed by atoms with Crippen molar-refractivity contribution in [1.29, 1.82) is 0 Å². The normalized spacial score (nSPS) is 14.4. The van der Waals surface area contributed by atoms with Gasteiger partial charge in [0.1, 0.15) is 0 Å². The van der Waals surface area contributed by atoms with Gasteiger partial charge in [0.05, 0.1) is 21.0 Å². The molecule has 2 N–H and O–H groups in total. The molecule has 7 heteroatoms. The molecule has 0 amide bonds. The minimum Gasteiger partial charge on any atom is -0.390 e. The molecule has 3 aromatic rings. The summed E-state index contributed by atoms with van der Waals surface area (Å²) in [6, 6.07) is 0. The van der Waals surface area contributed by atoms with Gasteiger partial charge in [-0.2, -0.15) is 4.98 Å². The van der Waals surface area contributed by atoms with E-state index in [1.54, 1.807) is 23.0 Å². The molecular formula is C13H12N4OS2. The molecule has 4 rings (SSSR count). The number of hydrogen-bond donors (Lipinski definition) is 1. The first kappa shape index (κ1) is 12.0. The van der Waals surface area contributed by atoms with Gasteiger partial charge in [-0.1, -0.05) is 5.16 Å². The van der Waals surface area contributed by atoms with E-state index in [1.807, 2.05) is 0 Å². The van der Waals surface area contributed by atoms with Crippen LogP contribution in [0.1, 0.15) is 23.3 Å². The van der Waals surface area contributed by atoms with Crippen LogP contribution in [0, 0.1) is 0 Å². The zero-order valence-corrected chi connectivity index (χ0v) is 12.3. The molecule has 1 aliphatic carbocycles. The van der Waals surface area contributed by atoms with Gasteiger partial charge in [0.25, 0.3) is 5.89 Å². The quantitative estimate of drug-likeness (QED) is 0.785. The van der Waals surface area contributed by atoms with Crippen molar-refractivity contribution in [3.8, 4) is 22.2 Å². The van der Waals surface area contributed by atoms with E-state index in [9.17, 15) is 0 Å². The molecule has 3 aromatic heterocycles. The minimum absolute atomic E-state index is 0.533. The number of nitrogens with zero attached hydrogens (tertiary/aromatic N) is 3. The predicted octanol–water partition coefficient (Wildman–Crippen LogP) is 3.38. The van der Waals surface area contributed by atoms with Gasteiger partial charge in [-0.15, -0.1) is 22.7 Å². The van der Waals surface area contributed by atoms with E-state index in [2.05, 4.69) is 15.1 Å². The van der Waals surface area contributed by atoms with Crippen LogP contribution in [0.2, 0.25) is 0 Å². The van der Waals surface area contributed by atoms with Crippen molar-refractivity contribution in [3.05, 3.63) is 22.1 Å². The molecule has 0 spiro atoms. The number of hydrogen-bond acceptors (Lipinski definition) is 7. The van der Waals surface area contributed by atoms with Crippen molar-refractivity contribution in [2.75, 3.05) is 5.73 Å². The Balaban J connectivity index is 1.80. The van der Waals surface area contributed by atoms with Gasteiger partial charge < -0.3 is 10.3 Å². The molecular weight excluding hydrogens is 292 g/mol. The molecule has 0 aromatic carbocycles. The lowest BCUT2D eigenvalue weighted by Crippen LogP contribution is -1.99. The Morgan fingerprint density at radius 1 is 1.25 bits per heavy atom. The Bertz CT molecular complexity index is 745. The SMILES string of the molecule is Nc1sc2c(c1-c1nc(-c3cncs3)no1)CCCC2. The van der Waals surface area contributed by atoms with Gasteiger partial charge in [0.15, 0.2) is 0 Å². The van der Waals surface area contributed by atoms with E-state index in [1.165, 1.54) is 34.6 Å². The molecule has 102 valence electrons. The zero-order valence-electron chi connectivity index (χ0n) is 10.6. The second-order valence-electron chi connectivity index (χ2n) is 4.74. The average molecular weight is 304 g/mol. The molecule has 0 aliphatic heterocycles. The molecule has 20 heavy (non-hydrogen) atoms. The van der Waals surface area contributed by atoms with Crippen molar-refractivity contribution >= 4 is 27.7 Å². The number of aromatic nitrogens is 3. The molecule has 5 nitrogen and oxygen atoms in total. The van der Waals surface area contributed by atoms with Crippen LogP contribution in [-0.2, 0) is 12.8 Å². The first-order chi connectivity index (χ1) is 9.83. The van der Waals surface area contributed by atoms with Crippen LogP contribution in [0.25, 0.3) is 22.2 Å². The Morgan fingerprint density at radius 2 is 2.15 bits per heavy atom. The molecule has 0 bridgehead atoms. The van der Waals surface area contributed by atoms with Gasteiger partial charge >= 0.3 is 0 Å². The summed E-state index contributed by atoms with van der Waals surface area (Å²) in [5, 5.41) is 4.83. The lowest BCUT2D eigenvalue weighted by molar-refractivity contribution is 0.432. The fourth-order valence-electron chi connectivity index (χ4n) is 2.57. The lowest BCUT2D eigenvalue weighted by atomic mass is 9.95. The first-order valence-electron chi connectivity index (χ1n) is 6.46. The molecule has 1 aliphatic rings. The molecule has 0 radical (unpaired) electrons. The van der Waals surface area contributed by atoms with Crippen LogP contribution in [0.3, 0.4) is 0 Å². The van der Waals surface area contributed by atoms with Gasteiger partial charge in [-0.3, -0.25) is 4.98 Å². The Morgan fingerprint density at radius 3 is 3.00 bits per heavy atom. The third kappa shape index (κ3) is 1.85. The van der Waals surface area contributed by atoms with E-state index >= 15 is 0 Å². The Labute approximate surface area is 123 Å². The second-order valence-corrected chi connectivity index (χ2v) is 6.76. The van der Waals surface area contributed by atoms with E-state index in [0.29, 0.717) is 11.7 Å². The molecule has 3 heterocycles. The number of nitrogens with two attached hydrogens (primary N) is 1. The van der Waals surface area contributed by atoms with E-state index in [4.69, 9.17) is 10.3 Å². The molecule has 0 atom stereocenters. The van der Waals surface area contributed by atoms with Crippen molar-refractivity contribution in [1.82, 2.24) is 15.1 Å². The highest BCUT2D eigenvalue weighted by Crippen LogP contribution is 2.42. The van der Waals surface area contributed by atoms with Crippen molar-refractivity contribution in [3.63, 3.8) is 0 Å². The summed E-state index contributed by atoms with van der Waals surface area (Å²) >= 11 is 3.15. The lowest BCUT2D eigenvalue weighted by Gasteiger charge is -2.10. The third-order valence-corrected chi connectivity index (χ3v) is 5.38.